The Morgan fingerprint density at radius 2 is 1.57 bits per heavy atom. The molecule has 4 aliphatic rings. The molecule has 6 rings (SSSR count). The lowest BCUT2D eigenvalue weighted by Gasteiger charge is -2.54. The lowest BCUT2D eigenvalue weighted by atomic mass is 9.56. The summed E-state index contributed by atoms with van der Waals surface area (Å²) in [6, 6.07) is 7.76. The van der Waals surface area contributed by atoms with E-state index in [1.807, 2.05) is 0 Å². The highest BCUT2D eigenvalue weighted by molar-refractivity contribution is 5.89. The summed E-state index contributed by atoms with van der Waals surface area (Å²) in [4.78, 5) is 11.0. The summed E-state index contributed by atoms with van der Waals surface area (Å²) < 4.78 is 87.2. The standard InChI is InChI=1S/C30H35F6NO3/c31-29(32,33)21-3-5-22(6-4-21)40-24-8-2-20-17-19(1-7-23(20)26(24)30(34,35)36)18-37-28-14-11-27(12-15-28,13-16-28)10-9-25(38)39/h1-2,7-8,17,21-22,37H,3-6,9-16,18H2,(H,38,39). The Kier molecular flexibility index (Phi) is 7.78. The minimum absolute atomic E-state index is 0.00874. The molecular formula is C30H35F6NO3. The molecular weight excluding hydrogens is 536 g/mol. The number of carboxylic acids is 1. The second kappa shape index (κ2) is 10.7. The molecule has 0 radical (unpaired) electrons. The highest BCUT2D eigenvalue weighted by atomic mass is 19.4. The molecule has 0 atom stereocenters. The Labute approximate surface area is 229 Å². The fourth-order valence-electron chi connectivity index (χ4n) is 7.11. The van der Waals surface area contributed by atoms with E-state index in [4.69, 9.17) is 9.84 Å². The third-order valence-corrected chi connectivity index (χ3v) is 9.70. The van der Waals surface area contributed by atoms with Crippen molar-refractivity contribution in [1.29, 1.82) is 0 Å². The fraction of sp³-hybridized carbons (Fsp3) is 0.633. The molecule has 4 fully saturated rings. The normalized spacial score (nSPS) is 29.1. The molecule has 40 heavy (non-hydrogen) atoms. The van der Waals surface area contributed by atoms with Crippen LogP contribution in [0, 0.1) is 11.3 Å². The van der Waals surface area contributed by atoms with Crippen LogP contribution in [0.1, 0.15) is 88.2 Å². The Balaban J connectivity index is 1.27. The van der Waals surface area contributed by atoms with Gasteiger partial charge in [-0.3, -0.25) is 4.79 Å². The fourth-order valence-corrected chi connectivity index (χ4v) is 7.11. The maximum absolute atomic E-state index is 14.2. The number of rotatable bonds is 8. The van der Waals surface area contributed by atoms with E-state index in [1.165, 1.54) is 12.1 Å². The van der Waals surface area contributed by atoms with E-state index < -0.39 is 35.9 Å². The van der Waals surface area contributed by atoms with Gasteiger partial charge in [0, 0.05) is 18.5 Å². The van der Waals surface area contributed by atoms with Gasteiger partial charge in [-0.25, -0.2) is 0 Å². The largest absolute Gasteiger partial charge is 0.490 e. The number of carbonyl (C=O) groups is 1. The van der Waals surface area contributed by atoms with Crippen LogP contribution in [0.5, 0.6) is 5.75 Å². The number of hydrogen-bond donors (Lipinski definition) is 2. The molecule has 0 amide bonds. The predicted molar refractivity (Wildman–Crippen MR) is 138 cm³/mol. The van der Waals surface area contributed by atoms with E-state index in [2.05, 4.69) is 5.32 Å². The van der Waals surface area contributed by atoms with Gasteiger partial charge in [0.1, 0.15) is 11.3 Å². The van der Waals surface area contributed by atoms with Crippen molar-refractivity contribution < 1.29 is 41.0 Å². The van der Waals surface area contributed by atoms with Crippen molar-refractivity contribution in [3.63, 3.8) is 0 Å². The van der Waals surface area contributed by atoms with Crippen LogP contribution in [-0.4, -0.2) is 28.9 Å². The predicted octanol–water partition coefficient (Wildman–Crippen LogP) is 8.41. The highest BCUT2D eigenvalue weighted by Gasteiger charge is 2.48. The SMILES string of the molecule is O=C(O)CCC12CCC(NCc3ccc4c(C(F)(F)F)c(OC5CCC(C(F)(F)F)CC5)ccc4c3)(CC1)CC2. The molecule has 4 saturated carbocycles. The van der Waals surface area contributed by atoms with Crippen molar-refractivity contribution in [3.8, 4) is 5.75 Å². The third-order valence-electron chi connectivity index (χ3n) is 9.70. The van der Waals surface area contributed by atoms with Crippen LogP contribution < -0.4 is 10.1 Å². The van der Waals surface area contributed by atoms with Crippen LogP contribution in [0.4, 0.5) is 26.3 Å². The number of aliphatic carboxylic acids is 1. The topological polar surface area (TPSA) is 58.6 Å². The molecule has 0 unspecified atom stereocenters. The van der Waals surface area contributed by atoms with Crippen molar-refractivity contribution in [2.75, 3.05) is 0 Å². The number of hydrogen-bond acceptors (Lipinski definition) is 3. The molecule has 2 aromatic carbocycles. The minimum Gasteiger partial charge on any atom is -0.490 e. The van der Waals surface area contributed by atoms with Crippen LogP contribution in [0.25, 0.3) is 10.8 Å². The van der Waals surface area contributed by atoms with Gasteiger partial charge in [0.25, 0.3) is 0 Å². The summed E-state index contributed by atoms with van der Waals surface area (Å²) in [7, 11) is 0. The average Bonchev–Trinajstić information content (AvgIpc) is 2.91. The summed E-state index contributed by atoms with van der Waals surface area (Å²) in [5.74, 6) is -2.53. The molecule has 2 N–H and O–H groups in total. The summed E-state index contributed by atoms with van der Waals surface area (Å²) in [5.41, 5.74) is 0.0662. The highest BCUT2D eigenvalue weighted by Crippen LogP contribution is 2.54. The zero-order chi connectivity index (χ0) is 28.8. The van der Waals surface area contributed by atoms with Crippen LogP contribution in [0.15, 0.2) is 30.3 Å². The summed E-state index contributed by atoms with van der Waals surface area (Å²) in [6.45, 7) is 0.514. The lowest BCUT2D eigenvalue weighted by Crippen LogP contribution is -2.54. The first-order chi connectivity index (χ1) is 18.8. The minimum atomic E-state index is -4.69. The first-order valence-electron chi connectivity index (χ1n) is 14.1. The van der Waals surface area contributed by atoms with Crippen LogP contribution in [0.2, 0.25) is 0 Å². The summed E-state index contributed by atoms with van der Waals surface area (Å²) >= 11 is 0. The quantitative estimate of drug-likeness (QED) is 0.313. The Morgan fingerprint density at radius 3 is 2.15 bits per heavy atom. The lowest BCUT2D eigenvalue weighted by molar-refractivity contribution is -0.185. The van der Waals surface area contributed by atoms with E-state index in [0.717, 1.165) is 44.1 Å². The number of ether oxygens (including phenoxy) is 1. The molecule has 2 aromatic rings. The second-order valence-corrected chi connectivity index (χ2v) is 12.2. The number of nitrogens with one attached hydrogen (secondary N) is 1. The van der Waals surface area contributed by atoms with Gasteiger partial charge >= 0.3 is 18.3 Å². The zero-order valence-electron chi connectivity index (χ0n) is 22.3. The van der Waals surface area contributed by atoms with Crippen LogP contribution in [0.3, 0.4) is 0 Å². The zero-order valence-corrected chi connectivity index (χ0v) is 22.3. The van der Waals surface area contributed by atoms with Gasteiger partial charge in [-0.2, -0.15) is 26.3 Å². The molecule has 10 heteroatoms. The van der Waals surface area contributed by atoms with E-state index in [9.17, 15) is 31.1 Å². The number of carboxylic acid groups (broad SMARTS) is 1. The Bertz CT molecular complexity index is 1210. The van der Waals surface area contributed by atoms with E-state index in [-0.39, 0.29) is 54.2 Å². The number of halogens is 6. The Morgan fingerprint density at radius 1 is 0.925 bits per heavy atom. The Hall–Kier alpha value is -2.49. The maximum Gasteiger partial charge on any atom is 0.420 e. The van der Waals surface area contributed by atoms with Gasteiger partial charge in [0.15, 0.2) is 0 Å². The number of fused-ring (bicyclic) bond motifs is 4. The van der Waals surface area contributed by atoms with E-state index in [1.54, 1.807) is 18.2 Å². The average molecular weight is 572 g/mol. The molecule has 4 aliphatic carbocycles. The van der Waals surface area contributed by atoms with Crippen molar-refractivity contribution in [3.05, 3.63) is 41.5 Å². The van der Waals surface area contributed by atoms with Crippen molar-refractivity contribution in [2.24, 2.45) is 11.3 Å². The molecule has 0 spiro atoms. The van der Waals surface area contributed by atoms with Crippen molar-refractivity contribution in [2.45, 2.75) is 108 Å². The molecule has 0 heterocycles. The molecule has 4 nitrogen and oxygen atoms in total. The van der Waals surface area contributed by atoms with E-state index >= 15 is 0 Å². The third kappa shape index (κ3) is 6.21. The van der Waals surface area contributed by atoms with Gasteiger partial charge in [0.2, 0.25) is 0 Å². The first-order valence-corrected chi connectivity index (χ1v) is 14.1. The van der Waals surface area contributed by atoms with Gasteiger partial charge in [-0.1, -0.05) is 18.2 Å². The van der Waals surface area contributed by atoms with E-state index in [0.29, 0.717) is 18.4 Å². The smallest absolute Gasteiger partial charge is 0.420 e. The van der Waals surface area contributed by atoms with Crippen LogP contribution in [-0.2, 0) is 17.5 Å². The maximum atomic E-state index is 14.2. The monoisotopic (exact) mass is 571 g/mol. The molecule has 2 bridgehead atoms. The van der Waals surface area contributed by atoms with Crippen molar-refractivity contribution in [1.82, 2.24) is 5.32 Å². The molecule has 0 aromatic heterocycles. The van der Waals surface area contributed by atoms with Crippen LogP contribution >= 0.6 is 0 Å². The molecule has 0 saturated heterocycles. The summed E-state index contributed by atoms with van der Waals surface area (Å²) in [5, 5.41) is 13.2. The molecule has 220 valence electrons. The van der Waals surface area contributed by atoms with Gasteiger partial charge in [-0.05, 0) is 105 Å². The summed E-state index contributed by atoms with van der Waals surface area (Å²) in [6.07, 6.45) is -3.08. The van der Waals surface area contributed by atoms with Gasteiger partial charge < -0.3 is 15.2 Å². The number of benzene rings is 2. The van der Waals surface area contributed by atoms with Gasteiger partial charge in [0.05, 0.1) is 12.0 Å². The molecule has 0 aliphatic heterocycles. The van der Waals surface area contributed by atoms with Gasteiger partial charge in [-0.15, -0.1) is 0 Å². The second-order valence-electron chi connectivity index (χ2n) is 12.2. The number of alkyl halides is 6. The van der Waals surface area contributed by atoms with Crippen molar-refractivity contribution >= 4 is 16.7 Å². The first kappa shape index (κ1) is 29.0.